The van der Waals surface area contributed by atoms with Crippen LogP contribution in [0, 0.1) is 0 Å². The molecule has 19 heavy (non-hydrogen) atoms. The first-order valence-corrected chi connectivity index (χ1v) is 6.40. The zero-order valence-electron chi connectivity index (χ0n) is 9.69. The molecule has 1 heterocycles. The summed E-state index contributed by atoms with van der Waals surface area (Å²) in [5, 5.41) is 0. The van der Waals surface area contributed by atoms with Gasteiger partial charge in [-0.1, -0.05) is 36.1 Å². The average Bonchev–Trinajstić information content (AvgIpc) is 2.57. The third-order valence-corrected chi connectivity index (χ3v) is 4.01. The number of amides is 1. The van der Waals surface area contributed by atoms with Gasteiger partial charge in [-0.2, -0.15) is 13.2 Å². The summed E-state index contributed by atoms with van der Waals surface area (Å²) < 4.78 is 37.6. The lowest BCUT2D eigenvalue weighted by atomic mass is 10.1. The number of halogens is 3. The highest BCUT2D eigenvalue weighted by molar-refractivity contribution is 8.26. The van der Waals surface area contributed by atoms with E-state index in [1.54, 1.807) is 7.05 Å². The van der Waals surface area contributed by atoms with Crippen LogP contribution in [0.3, 0.4) is 0 Å². The molecule has 2 rings (SSSR count). The van der Waals surface area contributed by atoms with Gasteiger partial charge in [-0.3, -0.25) is 9.69 Å². The van der Waals surface area contributed by atoms with Crippen LogP contribution < -0.4 is 0 Å². The summed E-state index contributed by atoms with van der Waals surface area (Å²) in [6.07, 6.45) is -2.83. The second kappa shape index (κ2) is 4.97. The number of carbonyl (C=O) groups excluding carboxylic acids is 1. The lowest BCUT2D eigenvalue weighted by molar-refractivity contribution is -0.137. The molecule has 0 spiro atoms. The number of carbonyl (C=O) groups is 1. The highest BCUT2D eigenvalue weighted by Gasteiger charge is 2.30. The summed E-state index contributed by atoms with van der Waals surface area (Å²) in [6, 6.07) is 4.62. The van der Waals surface area contributed by atoms with Gasteiger partial charge in [-0.15, -0.1) is 0 Å². The minimum atomic E-state index is -4.36. The van der Waals surface area contributed by atoms with E-state index in [0.29, 0.717) is 14.8 Å². The zero-order valence-corrected chi connectivity index (χ0v) is 11.3. The molecule has 100 valence electrons. The molecule has 0 N–H and O–H groups in total. The highest BCUT2D eigenvalue weighted by Crippen LogP contribution is 2.32. The summed E-state index contributed by atoms with van der Waals surface area (Å²) in [7, 11) is 1.56. The Bertz CT molecular complexity index is 563. The maximum atomic E-state index is 12.4. The first-order valence-electron chi connectivity index (χ1n) is 5.18. The number of likely N-dealkylation sites (N-methyl/N-ethyl adjacent to an activating group) is 1. The van der Waals surface area contributed by atoms with E-state index in [-0.39, 0.29) is 5.91 Å². The molecule has 1 aliphatic rings. The number of thioether (sulfide) groups is 1. The van der Waals surface area contributed by atoms with Crippen LogP contribution in [0.4, 0.5) is 13.2 Å². The Balaban J connectivity index is 2.25. The second-order valence-corrected chi connectivity index (χ2v) is 5.54. The Morgan fingerprint density at radius 2 is 1.84 bits per heavy atom. The van der Waals surface area contributed by atoms with Crippen molar-refractivity contribution < 1.29 is 18.0 Å². The molecule has 1 fully saturated rings. The second-order valence-electron chi connectivity index (χ2n) is 3.86. The first-order chi connectivity index (χ1) is 8.79. The van der Waals surface area contributed by atoms with Crippen LogP contribution in [0.2, 0.25) is 0 Å². The Labute approximate surface area is 117 Å². The van der Waals surface area contributed by atoms with Gasteiger partial charge in [0.2, 0.25) is 0 Å². The molecule has 7 heteroatoms. The van der Waals surface area contributed by atoms with E-state index in [9.17, 15) is 18.0 Å². The van der Waals surface area contributed by atoms with Crippen molar-refractivity contribution in [2.75, 3.05) is 7.05 Å². The van der Waals surface area contributed by atoms with Gasteiger partial charge in [0.15, 0.2) is 0 Å². The van der Waals surface area contributed by atoms with Gasteiger partial charge in [0.1, 0.15) is 4.32 Å². The summed E-state index contributed by atoms with van der Waals surface area (Å²) in [5.41, 5.74) is -0.186. The third kappa shape index (κ3) is 2.98. The largest absolute Gasteiger partial charge is 0.416 e. The van der Waals surface area contributed by atoms with Crippen LogP contribution in [0.15, 0.2) is 29.2 Å². The molecule has 2 nitrogen and oxygen atoms in total. The Hall–Kier alpha value is -1.34. The molecule has 1 aliphatic heterocycles. The Morgan fingerprint density at radius 1 is 1.26 bits per heavy atom. The standard InChI is InChI=1S/C12H8F3NOS2/c1-16-10(17)9(19-11(16)18)6-7-2-4-8(5-3-7)12(13,14)15/h2-6H,1H3/b9-6-. The normalized spacial score (nSPS) is 18.5. The van der Waals surface area contributed by atoms with Crippen LogP contribution in [0.5, 0.6) is 0 Å². The van der Waals surface area contributed by atoms with E-state index < -0.39 is 11.7 Å². The van der Waals surface area contributed by atoms with Crippen molar-refractivity contribution in [2.24, 2.45) is 0 Å². The molecule has 1 amide bonds. The van der Waals surface area contributed by atoms with Crippen LogP contribution in [0.25, 0.3) is 6.08 Å². The maximum absolute atomic E-state index is 12.4. The zero-order chi connectivity index (χ0) is 14.2. The molecule has 1 saturated heterocycles. The van der Waals surface area contributed by atoms with Crippen molar-refractivity contribution in [3.8, 4) is 0 Å². The minimum absolute atomic E-state index is 0.241. The van der Waals surface area contributed by atoms with Crippen molar-refractivity contribution in [3.63, 3.8) is 0 Å². The topological polar surface area (TPSA) is 20.3 Å². The molecule has 0 atom stereocenters. The van der Waals surface area contributed by atoms with Crippen LogP contribution in [-0.2, 0) is 11.0 Å². The summed E-state index contributed by atoms with van der Waals surface area (Å²) >= 11 is 6.09. The van der Waals surface area contributed by atoms with Crippen molar-refractivity contribution >= 4 is 40.3 Å². The number of benzene rings is 1. The molecule has 1 aromatic carbocycles. The monoisotopic (exact) mass is 303 g/mol. The molecular weight excluding hydrogens is 295 g/mol. The fourth-order valence-electron chi connectivity index (χ4n) is 1.47. The number of hydrogen-bond acceptors (Lipinski definition) is 3. The van der Waals surface area contributed by atoms with Crippen LogP contribution in [0.1, 0.15) is 11.1 Å². The molecule has 0 aromatic heterocycles. The fraction of sp³-hybridized carbons (Fsp3) is 0.167. The van der Waals surface area contributed by atoms with Gasteiger partial charge in [0.25, 0.3) is 5.91 Å². The van der Waals surface area contributed by atoms with Crippen molar-refractivity contribution in [3.05, 3.63) is 40.3 Å². The maximum Gasteiger partial charge on any atom is 0.416 e. The number of thiocarbonyl (C=S) groups is 1. The van der Waals surface area contributed by atoms with Gasteiger partial charge < -0.3 is 0 Å². The van der Waals surface area contributed by atoms with Gasteiger partial charge in [-0.25, -0.2) is 0 Å². The highest BCUT2D eigenvalue weighted by atomic mass is 32.2. The SMILES string of the molecule is CN1C(=O)/C(=C/c2ccc(C(F)(F)F)cc2)SC1=S. The fourth-order valence-corrected chi connectivity index (χ4v) is 2.64. The van der Waals surface area contributed by atoms with Crippen molar-refractivity contribution in [2.45, 2.75) is 6.18 Å². The van der Waals surface area contributed by atoms with Gasteiger partial charge in [0.05, 0.1) is 10.5 Å². The number of nitrogens with zero attached hydrogens (tertiary/aromatic N) is 1. The molecule has 0 bridgehead atoms. The van der Waals surface area contributed by atoms with E-state index in [0.717, 1.165) is 23.9 Å². The molecular formula is C12H8F3NOS2. The average molecular weight is 303 g/mol. The molecule has 0 saturated carbocycles. The first kappa shape index (κ1) is 14.1. The lowest BCUT2D eigenvalue weighted by Gasteiger charge is -2.06. The lowest BCUT2D eigenvalue weighted by Crippen LogP contribution is -2.22. The van der Waals surface area contributed by atoms with E-state index in [4.69, 9.17) is 12.2 Å². The van der Waals surface area contributed by atoms with Crippen LogP contribution >= 0.6 is 24.0 Å². The number of alkyl halides is 3. The Kier molecular flexibility index (Phi) is 3.69. The predicted molar refractivity (Wildman–Crippen MR) is 72.4 cm³/mol. The van der Waals surface area contributed by atoms with Gasteiger partial charge >= 0.3 is 6.18 Å². The third-order valence-electron chi connectivity index (χ3n) is 2.52. The van der Waals surface area contributed by atoms with E-state index in [1.807, 2.05) is 0 Å². The Morgan fingerprint density at radius 3 is 2.26 bits per heavy atom. The molecule has 0 aliphatic carbocycles. The quantitative estimate of drug-likeness (QED) is 0.585. The predicted octanol–water partition coefficient (Wildman–Crippen LogP) is 3.54. The number of hydrogen-bond donors (Lipinski definition) is 0. The van der Waals surface area contributed by atoms with Gasteiger partial charge in [0, 0.05) is 7.05 Å². The van der Waals surface area contributed by atoms with Crippen molar-refractivity contribution in [1.82, 2.24) is 4.90 Å². The van der Waals surface area contributed by atoms with E-state index >= 15 is 0 Å². The van der Waals surface area contributed by atoms with E-state index in [1.165, 1.54) is 23.1 Å². The summed E-state index contributed by atoms with van der Waals surface area (Å²) in [5.74, 6) is -0.241. The number of rotatable bonds is 1. The molecule has 0 radical (unpaired) electrons. The molecule has 1 aromatic rings. The summed E-state index contributed by atoms with van der Waals surface area (Å²) in [4.78, 5) is 13.5. The van der Waals surface area contributed by atoms with Crippen molar-refractivity contribution in [1.29, 1.82) is 0 Å². The molecule has 0 unspecified atom stereocenters. The van der Waals surface area contributed by atoms with E-state index in [2.05, 4.69) is 0 Å². The summed E-state index contributed by atoms with van der Waals surface area (Å²) in [6.45, 7) is 0. The minimum Gasteiger partial charge on any atom is -0.296 e. The van der Waals surface area contributed by atoms with Gasteiger partial charge in [-0.05, 0) is 23.8 Å². The van der Waals surface area contributed by atoms with Crippen LogP contribution in [-0.4, -0.2) is 22.2 Å². The smallest absolute Gasteiger partial charge is 0.296 e.